The molecule has 3 heterocycles. The maximum Gasteiger partial charge on any atom is 0.193 e. The van der Waals surface area contributed by atoms with Gasteiger partial charge in [0.1, 0.15) is 5.76 Å². The first-order chi connectivity index (χ1) is 14.2. The average molecular weight is 534 g/mol. The molecule has 172 valence electrons. The maximum atomic E-state index is 6.15. The number of hydrogen-bond acceptors (Lipinski definition) is 5. The highest BCUT2D eigenvalue weighted by Gasteiger charge is 2.23. The fourth-order valence-electron chi connectivity index (χ4n) is 4.14. The largest absolute Gasteiger partial charge is 0.376 e. The zero-order valence-corrected chi connectivity index (χ0v) is 21.2. The first kappa shape index (κ1) is 25.4. The van der Waals surface area contributed by atoms with Crippen molar-refractivity contribution in [2.24, 2.45) is 4.99 Å². The topological polar surface area (TPSA) is 72.1 Å². The molecule has 2 aliphatic rings. The second kappa shape index (κ2) is 13.5. The van der Waals surface area contributed by atoms with Crippen LogP contribution < -0.4 is 5.32 Å². The molecule has 0 aliphatic carbocycles. The molecule has 1 N–H and O–H groups in total. The van der Waals surface area contributed by atoms with Gasteiger partial charge in [-0.15, -0.1) is 24.0 Å². The monoisotopic (exact) mass is 534 g/mol. The van der Waals surface area contributed by atoms with Gasteiger partial charge in [0.15, 0.2) is 5.96 Å². The van der Waals surface area contributed by atoms with Gasteiger partial charge in [-0.05, 0) is 65.7 Å². The Kier molecular flexibility index (Phi) is 11.4. The van der Waals surface area contributed by atoms with Crippen molar-refractivity contribution in [2.75, 3.05) is 39.4 Å². The van der Waals surface area contributed by atoms with Crippen LogP contribution in [0.2, 0.25) is 0 Å². The van der Waals surface area contributed by atoms with Crippen LogP contribution in [0.3, 0.4) is 0 Å². The molecule has 3 rings (SSSR count). The summed E-state index contributed by atoms with van der Waals surface area (Å²) in [4.78, 5) is 7.23. The van der Waals surface area contributed by atoms with Crippen LogP contribution in [0.1, 0.15) is 62.5 Å². The van der Waals surface area contributed by atoms with Crippen LogP contribution in [0, 0.1) is 13.8 Å². The molecule has 0 spiro atoms. The number of halogens is 1. The number of aryl methyl sites for hydroxylation is 2. The Hall–Kier alpha value is -0.870. The second-order valence-corrected chi connectivity index (χ2v) is 8.15. The summed E-state index contributed by atoms with van der Waals surface area (Å²) in [6.45, 7) is 11.4. The first-order valence-corrected chi connectivity index (χ1v) is 11.4. The Bertz CT molecular complexity index is 619. The number of guanidine groups is 1. The number of rotatable bonds is 8. The van der Waals surface area contributed by atoms with Crippen molar-refractivity contribution in [2.45, 2.75) is 77.9 Å². The lowest BCUT2D eigenvalue weighted by molar-refractivity contribution is -0.0721. The predicted octanol–water partition coefficient (Wildman–Crippen LogP) is 3.86. The number of nitrogens with one attached hydrogen (secondary N) is 1. The van der Waals surface area contributed by atoms with Crippen LogP contribution in [-0.4, -0.2) is 67.6 Å². The fourth-order valence-corrected chi connectivity index (χ4v) is 4.14. The Morgan fingerprint density at radius 3 is 2.67 bits per heavy atom. The van der Waals surface area contributed by atoms with Gasteiger partial charge in [0.05, 0.1) is 24.5 Å². The number of ether oxygens (including phenoxy) is 2. The molecule has 1 aromatic heterocycles. The minimum atomic E-state index is 0. The highest BCUT2D eigenvalue weighted by Crippen LogP contribution is 2.18. The predicted molar refractivity (Wildman–Crippen MR) is 130 cm³/mol. The van der Waals surface area contributed by atoms with Gasteiger partial charge in [-0.1, -0.05) is 5.16 Å². The van der Waals surface area contributed by atoms with Crippen molar-refractivity contribution in [3.63, 3.8) is 0 Å². The normalized spacial score (nSPS) is 20.8. The zero-order chi connectivity index (χ0) is 20.5. The first-order valence-electron chi connectivity index (χ1n) is 11.4. The third kappa shape index (κ3) is 7.67. The lowest BCUT2D eigenvalue weighted by Crippen LogP contribution is -2.47. The van der Waals surface area contributed by atoms with Gasteiger partial charge < -0.3 is 24.2 Å². The molecule has 0 saturated carbocycles. The summed E-state index contributed by atoms with van der Waals surface area (Å²) in [5, 5.41) is 7.49. The molecule has 1 atom stereocenters. The summed E-state index contributed by atoms with van der Waals surface area (Å²) >= 11 is 0. The zero-order valence-electron chi connectivity index (χ0n) is 18.8. The Balaban J connectivity index is 0.00000320. The lowest BCUT2D eigenvalue weighted by atomic mass is 10.1. The molecular weight excluding hydrogens is 495 g/mol. The smallest absolute Gasteiger partial charge is 0.193 e. The third-order valence-electron chi connectivity index (χ3n) is 5.90. The summed E-state index contributed by atoms with van der Waals surface area (Å²) < 4.78 is 17.2. The lowest BCUT2D eigenvalue weighted by Gasteiger charge is -2.35. The summed E-state index contributed by atoms with van der Waals surface area (Å²) in [5.41, 5.74) is 2.23. The van der Waals surface area contributed by atoms with Crippen LogP contribution >= 0.6 is 24.0 Å². The van der Waals surface area contributed by atoms with Gasteiger partial charge in [0.25, 0.3) is 0 Å². The molecule has 8 heteroatoms. The van der Waals surface area contributed by atoms with Crippen molar-refractivity contribution in [3.8, 4) is 0 Å². The van der Waals surface area contributed by atoms with E-state index in [9.17, 15) is 0 Å². The van der Waals surface area contributed by atoms with Crippen molar-refractivity contribution >= 4 is 29.9 Å². The summed E-state index contributed by atoms with van der Waals surface area (Å²) in [7, 11) is 0. The molecule has 0 amide bonds. The Labute approximate surface area is 198 Å². The van der Waals surface area contributed by atoms with Gasteiger partial charge in [-0.25, -0.2) is 0 Å². The number of aromatic nitrogens is 1. The molecule has 1 unspecified atom stereocenters. The quantitative estimate of drug-likeness (QED) is 0.237. The van der Waals surface area contributed by atoms with Crippen LogP contribution in [0.15, 0.2) is 9.52 Å². The van der Waals surface area contributed by atoms with E-state index in [0.717, 1.165) is 88.9 Å². The molecule has 2 saturated heterocycles. The number of aliphatic imine (C=N–C) groups is 1. The number of likely N-dealkylation sites (tertiary alicyclic amines) is 1. The summed E-state index contributed by atoms with van der Waals surface area (Å²) in [6, 6.07) is 0. The fraction of sp³-hybridized carbons (Fsp3) is 0.818. The average Bonchev–Trinajstić information content (AvgIpc) is 3.07. The van der Waals surface area contributed by atoms with Gasteiger partial charge >= 0.3 is 0 Å². The van der Waals surface area contributed by atoms with E-state index in [1.165, 1.54) is 18.4 Å². The van der Waals surface area contributed by atoms with Gasteiger partial charge in [0, 0.05) is 38.3 Å². The van der Waals surface area contributed by atoms with Crippen molar-refractivity contribution in [1.29, 1.82) is 0 Å². The summed E-state index contributed by atoms with van der Waals surface area (Å²) in [6.07, 6.45) is 8.32. The minimum absolute atomic E-state index is 0. The van der Waals surface area contributed by atoms with E-state index in [1.807, 2.05) is 13.8 Å². The molecule has 7 nitrogen and oxygen atoms in total. The van der Waals surface area contributed by atoms with Gasteiger partial charge in [-0.3, -0.25) is 4.99 Å². The molecule has 2 fully saturated rings. The van der Waals surface area contributed by atoms with Crippen LogP contribution in [-0.2, 0) is 15.9 Å². The summed E-state index contributed by atoms with van der Waals surface area (Å²) in [5.74, 6) is 1.96. The highest BCUT2D eigenvalue weighted by molar-refractivity contribution is 14.0. The molecule has 2 aliphatic heterocycles. The SMILES string of the molecule is CCNC(=NCCCc1c(C)noc1C)N1CCC(OCC2CCCCO2)CC1.I. The van der Waals surface area contributed by atoms with Crippen LogP contribution in [0.5, 0.6) is 0 Å². The number of hydrogen-bond donors (Lipinski definition) is 1. The van der Waals surface area contributed by atoms with Crippen molar-refractivity contribution < 1.29 is 14.0 Å². The molecular formula is C22H39IN4O3. The van der Waals surface area contributed by atoms with E-state index in [1.54, 1.807) is 0 Å². The second-order valence-electron chi connectivity index (χ2n) is 8.15. The molecule has 1 aromatic rings. The van der Waals surface area contributed by atoms with Crippen LogP contribution in [0.4, 0.5) is 0 Å². The van der Waals surface area contributed by atoms with E-state index in [4.69, 9.17) is 19.0 Å². The van der Waals surface area contributed by atoms with Gasteiger partial charge in [-0.2, -0.15) is 0 Å². The third-order valence-corrected chi connectivity index (χ3v) is 5.90. The maximum absolute atomic E-state index is 6.15. The number of nitrogens with zero attached hydrogens (tertiary/aromatic N) is 3. The van der Waals surface area contributed by atoms with E-state index >= 15 is 0 Å². The van der Waals surface area contributed by atoms with Crippen molar-refractivity contribution in [1.82, 2.24) is 15.4 Å². The molecule has 0 aromatic carbocycles. The Morgan fingerprint density at radius 1 is 1.23 bits per heavy atom. The minimum Gasteiger partial charge on any atom is -0.376 e. The molecule has 0 radical (unpaired) electrons. The van der Waals surface area contributed by atoms with E-state index in [-0.39, 0.29) is 24.0 Å². The van der Waals surface area contributed by atoms with E-state index in [0.29, 0.717) is 12.2 Å². The van der Waals surface area contributed by atoms with E-state index < -0.39 is 0 Å². The standard InChI is InChI=1S/C22H38N4O3.HI/c1-4-23-22(24-12-7-9-21-17(2)25-29-18(21)3)26-13-10-19(11-14-26)28-16-20-8-5-6-15-27-20;/h19-20H,4-16H2,1-3H3,(H,23,24);1H. The number of piperidine rings is 1. The molecule has 30 heavy (non-hydrogen) atoms. The highest BCUT2D eigenvalue weighted by atomic mass is 127. The van der Waals surface area contributed by atoms with Crippen molar-refractivity contribution in [3.05, 3.63) is 17.0 Å². The molecule has 0 bridgehead atoms. The van der Waals surface area contributed by atoms with Gasteiger partial charge in [0.2, 0.25) is 0 Å². The Morgan fingerprint density at radius 2 is 2.03 bits per heavy atom. The van der Waals surface area contributed by atoms with Crippen LogP contribution in [0.25, 0.3) is 0 Å². The van der Waals surface area contributed by atoms with E-state index in [2.05, 4.69) is 22.3 Å².